The van der Waals surface area contributed by atoms with E-state index in [1.165, 1.54) is 28.6 Å². The van der Waals surface area contributed by atoms with Gasteiger partial charge in [-0.15, -0.1) is 0 Å². The summed E-state index contributed by atoms with van der Waals surface area (Å²) in [5.74, 6) is -0.847. The van der Waals surface area contributed by atoms with E-state index in [-0.39, 0.29) is 19.1 Å². The van der Waals surface area contributed by atoms with Gasteiger partial charge in [0.05, 0.1) is 12.6 Å². The van der Waals surface area contributed by atoms with Gasteiger partial charge >= 0.3 is 0 Å². The summed E-state index contributed by atoms with van der Waals surface area (Å²) in [4.78, 5) is 0. The Bertz CT molecular complexity index is 1200. The highest BCUT2D eigenvalue weighted by atomic mass is 32.2. The van der Waals surface area contributed by atoms with Crippen molar-refractivity contribution < 1.29 is 22.3 Å². The molecule has 32 heavy (non-hydrogen) atoms. The first-order chi connectivity index (χ1) is 15.3. The number of halogens is 2. The molecule has 2 aromatic carbocycles. The van der Waals surface area contributed by atoms with Crippen LogP contribution in [-0.4, -0.2) is 58.5 Å². The van der Waals surface area contributed by atoms with E-state index in [1.54, 1.807) is 21.0 Å². The van der Waals surface area contributed by atoms with Gasteiger partial charge in [0.1, 0.15) is 11.6 Å². The summed E-state index contributed by atoms with van der Waals surface area (Å²) in [6.07, 6.45) is 3.65. The largest absolute Gasteiger partial charge is 0.390 e. The van der Waals surface area contributed by atoms with Crippen LogP contribution < -0.4 is 0 Å². The van der Waals surface area contributed by atoms with Crippen LogP contribution in [0.5, 0.6) is 0 Å². The molecule has 0 radical (unpaired) electrons. The second-order valence-electron chi connectivity index (χ2n) is 8.86. The maximum absolute atomic E-state index is 13.9. The molecule has 172 valence electrons. The van der Waals surface area contributed by atoms with Gasteiger partial charge in [0, 0.05) is 47.5 Å². The summed E-state index contributed by atoms with van der Waals surface area (Å²) in [5.41, 5.74) is 1.33. The average molecular weight is 464 g/mol. The maximum Gasteiger partial charge on any atom is 0.282 e. The molecule has 1 saturated heterocycles. The highest BCUT2D eigenvalue weighted by Gasteiger charge is 2.39. The number of aliphatic hydroxyl groups is 1. The summed E-state index contributed by atoms with van der Waals surface area (Å²) >= 11 is 0. The zero-order valence-corrected chi connectivity index (χ0v) is 18.6. The summed E-state index contributed by atoms with van der Waals surface area (Å²) < 4.78 is 58.9. The lowest BCUT2D eigenvalue weighted by Crippen LogP contribution is -2.54. The number of aromatic nitrogens is 1. The molecule has 0 bridgehead atoms. The molecule has 6 nitrogen and oxygen atoms in total. The quantitative estimate of drug-likeness (QED) is 0.629. The molecular formula is C23H27F2N3O3S. The van der Waals surface area contributed by atoms with Crippen LogP contribution in [0.3, 0.4) is 0 Å². The van der Waals surface area contributed by atoms with Crippen LogP contribution in [0.1, 0.15) is 32.1 Å². The second kappa shape index (κ2) is 8.37. The van der Waals surface area contributed by atoms with E-state index in [0.717, 1.165) is 32.1 Å². The monoisotopic (exact) mass is 463 g/mol. The van der Waals surface area contributed by atoms with E-state index in [9.17, 15) is 22.3 Å². The van der Waals surface area contributed by atoms with Gasteiger partial charge in [0.25, 0.3) is 10.2 Å². The summed E-state index contributed by atoms with van der Waals surface area (Å²) in [7, 11) is -3.62. The third kappa shape index (κ3) is 3.81. The van der Waals surface area contributed by atoms with E-state index in [2.05, 4.69) is 0 Å². The van der Waals surface area contributed by atoms with Crippen LogP contribution >= 0.6 is 0 Å². The second-order valence-corrected chi connectivity index (χ2v) is 10.7. The van der Waals surface area contributed by atoms with Gasteiger partial charge < -0.3 is 9.67 Å². The Hall–Kier alpha value is -2.07. The van der Waals surface area contributed by atoms with Crippen LogP contribution in [0, 0.1) is 11.6 Å². The normalized spacial score (nSPS) is 21.6. The fourth-order valence-electron chi connectivity index (χ4n) is 5.28. The fraction of sp³-hybridized carbons (Fsp3) is 0.478. The smallest absolute Gasteiger partial charge is 0.282 e. The Morgan fingerprint density at radius 1 is 0.906 bits per heavy atom. The van der Waals surface area contributed by atoms with Crippen molar-refractivity contribution in [2.75, 3.05) is 19.6 Å². The summed E-state index contributed by atoms with van der Waals surface area (Å²) in [6, 6.07) is 8.64. The van der Waals surface area contributed by atoms with Crippen molar-refractivity contribution in [3.63, 3.8) is 0 Å². The molecular weight excluding hydrogens is 436 g/mol. The molecule has 1 aliphatic carbocycles. The molecule has 1 aromatic heterocycles. The maximum atomic E-state index is 13.9. The van der Waals surface area contributed by atoms with Gasteiger partial charge in [-0.1, -0.05) is 12.8 Å². The van der Waals surface area contributed by atoms with Crippen LogP contribution in [0.15, 0.2) is 36.4 Å². The number of benzene rings is 2. The highest BCUT2D eigenvalue weighted by molar-refractivity contribution is 7.86. The first-order valence-electron chi connectivity index (χ1n) is 11.2. The van der Waals surface area contributed by atoms with Gasteiger partial charge in [-0.05, 0) is 55.7 Å². The number of fused-ring (bicyclic) bond motifs is 3. The van der Waals surface area contributed by atoms with Crippen LogP contribution in [-0.2, 0) is 16.8 Å². The van der Waals surface area contributed by atoms with Gasteiger partial charge in [0.2, 0.25) is 0 Å². The number of nitrogens with zero attached hydrogens (tertiary/aromatic N) is 3. The molecule has 1 atom stereocenters. The van der Waals surface area contributed by atoms with Crippen molar-refractivity contribution in [1.29, 1.82) is 0 Å². The molecule has 2 aliphatic rings. The number of aliphatic hydroxyl groups excluding tert-OH is 1. The number of β-amino-alcohol motifs (C(OH)–C–C–N with tert-alkyl or cyclic N) is 1. The van der Waals surface area contributed by atoms with E-state index in [0.29, 0.717) is 34.9 Å². The number of hydrogen-bond acceptors (Lipinski definition) is 3. The summed E-state index contributed by atoms with van der Waals surface area (Å²) in [6.45, 7) is 1.01. The topological polar surface area (TPSA) is 65.8 Å². The molecule has 1 aliphatic heterocycles. The Morgan fingerprint density at radius 3 is 2.09 bits per heavy atom. The molecule has 0 spiro atoms. The van der Waals surface area contributed by atoms with Crippen molar-refractivity contribution >= 4 is 32.0 Å². The van der Waals surface area contributed by atoms with Crippen LogP contribution in [0.25, 0.3) is 21.8 Å². The third-order valence-corrected chi connectivity index (χ3v) is 8.79. The standard InChI is InChI=1S/C23H27F2N3O3S/c24-16-6-8-22-20(12-16)21-13-17(25)7-9-23(21)27(22)15-19(29)14-26-10-3-11-28(32(26,30)31)18-4-1-2-5-18/h6-9,12-13,18-19,29H,1-5,10-11,14-15H2. The van der Waals surface area contributed by atoms with Crippen LogP contribution in [0.4, 0.5) is 8.78 Å². The Labute approximate surface area is 186 Å². The molecule has 9 heteroatoms. The van der Waals surface area contributed by atoms with E-state index >= 15 is 0 Å². The molecule has 5 rings (SSSR count). The van der Waals surface area contributed by atoms with E-state index < -0.39 is 27.9 Å². The van der Waals surface area contributed by atoms with Crippen molar-refractivity contribution in [2.24, 2.45) is 0 Å². The molecule has 3 aromatic rings. The van der Waals surface area contributed by atoms with Gasteiger partial charge in [0.15, 0.2) is 0 Å². The lowest BCUT2D eigenvalue weighted by Gasteiger charge is -2.38. The molecule has 0 amide bonds. The SMILES string of the molecule is O=S1(=O)N(CC(O)Cn2c3ccc(F)cc3c3cc(F)ccc32)CCCN1C1CCCC1. The van der Waals surface area contributed by atoms with E-state index in [4.69, 9.17) is 0 Å². The first-order valence-corrected chi connectivity index (χ1v) is 12.6. The average Bonchev–Trinajstić information content (AvgIpc) is 3.37. The predicted molar refractivity (Wildman–Crippen MR) is 119 cm³/mol. The van der Waals surface area contributed by atoms with Crippen LogP contribution in [0.2, 0.25) is 0 Å². The zero-order valence-electron chi connectivity index (χ0n) is 17.8. The first kappa shape index (κ1) is 21.8. The van der Waals surface area contributed by atoms with Crippen molar-refractivity contribution in [3.05, 3.63) is 48.0 Å². The number of rotatable bonds is 5. The van der Waals surface area contributed by atoms with Crippen molar-refractivity contribution in [1.82, 2.24) is 13.2 Å². The number of hydrogen-bond donors (Lipinski definition) is 1. The van der Waals surface area contributed by atoms with Crippen molar-refractivity contribution in [3.8, 4) is 0 Å². The molecule has 1 unspecified atom stereocenters. The minimum atomic E-state index is -3.62. The summed E-state index contributed by atoms with van der Waals surface area (Å²) in [5, 5.41) is 12.0. The predicted octanol–water partition coefficient (Wildman–Crippen LogP) is 3.63. The van der Waals surface area contributed by atoms with Gasteiger partial charge in [-0.25, -0.2) is 8.78 Å². The molecule has 1 saturated carbocycles. The molecule has 2 fully saturated rings. The lowest BCUT2D eigenvalue weighted by atomic mass is 10.1. The molecule has 1 N–H and O–H groups in total. The minimum absolute atomic E-state index is 0.0187. The van der Waals surface area contributed by atoms with Crippen molar-refractivity contribution in [2.45, 2.75) is 50.8 Å². The Balaban J connectivity index is 1.42. The zero-order chi connectivity index (χ0) is 22.5. The van der Waals surface area contributed by atoms with Gasteiger partial charge in [-0.2, -0.15) is 17.0 Å². The minimum Gasteiger partial charge on any atom is -0.390 e. The lowest BCUT2D eigenvalue weighted by molar-refractivity contribution is 0.119. The third-order valence-electron chi connectivity index (χ3n) is 6.74. The Morgan fingerprint density at radius 2 is 1.50 bits per heavy atom. The fourth-order valence-corrected chi connectivity index (χ4v) is 7.24. The molecule has 2 heterocycles. The highest BCUT2D eigenvalue weighted by Crippen LogP contribution is 2.32. The van der Waals surface area contributed by atoms with Gasteiger partial charge in [-0.3, -0.25) is 0 Å². The Kier molecular flexibility index (Phi) is 5.69. The van der Waals surface area contributed by atoms with E-state index in [1.807, 2.05) is 0 Å².